The number of nitrogens with one attached hydrogen (secondary N) is 1. The number of aromatic nitrogens is 2. The Morgan fingerprint density at radius 3 is 2.58 bits per heavy atom. The monoisotopic (exact) mass is 271 g/mol. The fourth-order valence-corrected chi connectivity index (χ4v) is 1.67. The SMILES string of the molecule is Cc1noc(CNCc2ccccc2C(F)(F)F)n1. The van der Waals surface area contributed by atoms with Crippen LogP contribution in [0.4, 0.5) is 13.2 Å². The van der Waals surface area contributed by atoms with Gasteiger partial charge in [-0.15, -0.1) is 0 Å². The largest absolute Gasteiger partial charge is 0.416 e. The van der Waals surface area contributed by atoms with Gasteiger partial charge in [-0.05, 0) is 18.6 Å². The van der Waals surface area contributed by atoms with Gasteiger partial charge < -0.3 is 9.84 Å². The van der Waals surface area contributed by atoms with Gasteiger partial charge in [0.2, 0.25) is 5.89 Å². The highest BCUT2D eigenvalue weighted by Gasteiger charge is 2.32. The number of hydrogen-bond acceptors (Lipinski definition) is 4. The zero-order chi connectivity index (χ0) is 13.9. The van der Waals surface area contributed by atoms with E-state index in [-0.39, 0.29) is 18.7 Å². The van der Waals surface area contributed by atoms with Gasteiger partial charge in [0, 0.05) is 6.54 Å². The molecule has 1 aromatic carbocycles. The molecule has 102 valence electrons. The first-order valence-corrected chi connectivity index (χ1v) is 5.62. The minimum Gasteiger partial charge on any atom is -0.338 e. The normalized spacial score (nSPS) is 11.8. The zero-order valence-corrected chi connectivity index (χ0v) is 10.2. The molecule has 0 saturated carbocycles. The van der Waals surface area contributed by atoms with E-state index in [0.29, 0.717) is 11.7 Å². The van der Waals surface area contributed by atoms with Gasteiger partial charge in [0.1, 0.15) is 0 Å². The first-order valence-electron chi connectivity index (χ1n) is 5.62. The fraction of sp³-hybridized carbons (Fsp3) is 0.333. The summed E-state index contributed by atoms with van der Waals surface area (Å²) in [4.78, 5) is 3.95. The number of hydrogen-bond donors (Lipinski definition) is 1. The zero-order valence-electron chi connectivity index (χ0n) is 10.2. The van der Waals surface area contributed by atoms with Crippen molar-refractivity contribution in [2.75, 3.05) is 0 Å². The van der Waals surface area contributed by atoms with Gasteiger partial charge >= 0.3 is 6.18 Å². The van der Waals surface area contributed by atoms with Crippen molar-refractivity contribution in [3.05, 3.63) is 47.1 Å². The lowest BCUT2D eigenvalue weighted by molar-refractivity contribution is -0.138. The molecular formula is C12H12F3N3O. The van der Waals surface area contributed by atoms with Crippen LogP contribution >= 0.6 is 0 Å². The van der Waals surface area contributed by atoms with Crippen LogP contribution in [0.3, 0.4) is 0 Å². The highest BCUT2D eigenvalue weighted by Crippen LogP contribution is 2.31. The van der Waals surface area contributed by atoms with Crippen LogP contribution in [0.25, 0.3) is 0 Å². The Hall–Kier alpha value is -1.89. The minimum atomic E-state index is -4.35. The topological polar surface area (TPSA) is 51.0 Å². The van der Waals surface area contributed by atoms with E-state index in [0.717, 1.165) is 6.07 Å². The molecule has 4 nitrogen and oxygen atoms in total. The average molecular weight is 271 g/mol. The van der Waals surface area contributed by atoms with Crippen molar-refractivity contribution in [2.45, 2.75) is 26.2 Å². The summed E-state index contributed by atoms with van der Waals surface area (Å²) in [6, 6.07) is 5.44. The summed E-state index contributed by atoms with van der Waals surface area (Å²) >= 11 is 0. The third-order valence-electron chi connectivity index (χ3n) is 2.48. The molecule has 2 aromatic rings. The highest BCUT2D eigenvalue weighted by molar-refractivity contribution is 5.29. The van der Waals surface area contributed by atoms with E-state index in [2.05, 4.69) is 15.5 Å². The predicted octanol–water partition coefficient (Wildman–Crippen LogP) is 2.69. The lowest BCUT2D eigenvalue weighted by atomic mass is 10.1. The van der Waals surface area contributed by atoms with Crippen LogP contribution in [0.2, 0.25) is 0 Å². The van der Waals surface area contributed by atoms with Crippen LogP contribution in [0.1, 0.15) is 22.8 Å². The van der Waals surface area contributed by atoms with Crippen LogP contribution in [-0.2, 0) is 19.3 Å². The van der Waals surface area contributed by atoms with Crippen LogP contribution < -0.4 is 5.32 Å². The summed E-state index contributed by atoms with van der Waals surface area (Å²) in [5.41, 5.74) is -0.449. The Morgan fingerprint density at radius 2 is 1.95 bits per heavy atom. The first kappa shape index (κ1) is 13.5. The summed E-state index contributed by atoms with van der Waals surface area (Å²) in [6.45, 7) is 1.98. The maximum absolute atomic E-state index is 12.7. The van der Waals surface area contributed by atoms with E-state index in [1.54, 1.807) is 13.0 Å². The Balaban J connectivity index is 2.00. The second-order valence-corrected chi connectivity index (χ2v) is 3.99. The van der Waals surface area contributed by atoms with Gasteiger partial charge in [-0.3, -0.25) is 0 Å². The van der Waals surface area contributed by atoms with Crippen LogP contribution in [0.5, 0.6) is 0 Å². The number of alkyl halides is 3. The number of halogens is 3. The van der Waals surface area contributed by atoms with Crippen molar-refractivity contribution >= 4 is 0 Å². The molecule has 1 heterocycles. The molecule has 0 aliphatic carbocycles. The maximum Gasteiger partial charge on any atom is 0.416 e. The number of aryl methyl sites for hydroxylation is 1. The van der Waals surface area contributed by atoms with Crippen molar-refractivity contribution in [3.8, 4) is 0 Å². The van der Waals surface area contributed by atoms with Crippen molar-refractivity contribution < 1.29 is 17.7 Å². The molecule has 1 N–H and O–H groups in total. The molecule has 0 aliphatic rings. The molecular weight excluding hydrogens is 259 g/mol. The molecule has 2 rings (SSSR count). The lowest BCUT2D eigenvalue weighted by Gasteiger charge is -2.12. The van der Waals surface area contributed by atoms with Crippen molar-refractivity contribution in [1.82, 2.24) is 15.5 Å². The third kappa shape index (κ3) is 3.54. The first-order chi connectivity index (χ1) is 8.97. The van der Waals surface area contributed by atoms with Gasteiger partial charge in [-0.2, -0.15) is 18.2 Å². The summed E-state index contributed by atoms with van der Waals surface area (Å²) in [5, 5.41) is 6.44. The summed E-state index contributed by atoms with van der Waals surface area (Å²) in [5.74, 6) is 0.842. The molecule has 0 saturated heterocycles. The van der Waals surface area contributed by atoms with E-state index in [1.165, 1.54) is 12.1 Å². The molecule has 1 aromatic heterocycles. The number of rotatable bonds is 4. The Kier molecular flexibility index (Phi) is 3.84. The number of nitrogens with zero attached hydrogens (tertiary/aromatic N) is 2. The van der Waals surface area contributed by atoms with Crippen LogP contribution in [-0.4, -0.2) is 10.1 Å². The molecule has 0 amide bonds. The fourth-order valence-electron chi connectivity index (χ4n) is 1.67. The quantitative estimate of drug-likeness (QED) is 0.928. The smallest absolute Gasteiger partial charge is 0.338 e. The molecule has 19 heavy (non-hydrogen) atoms. The highest BCUT2D eigenvalue weighted by atomic mass is 19.4. The summed E-state index contributed by atoms with van der Waals surface area (Å²) in [7, 11) is 0. The van der Waals surface area contributed by atoms with E-state index in [4.69, 9.17) is 4.52 Å². The van der Waals surface area contributed by atoms with Gasteiger partial charge in [0.25, 0.3) is 0 Å². The van der Waals surface area contributed by atoms with Crippen molar-refractivity contribution in [2.24, 2.45) is 0 Å². The van der Waals surface area contributed by atoms with Gasteiger partial charge in [0.05, 0.1) is 12.1 Å². The molecule has 0 spiro atoms. The molecule has 7 heteroatoms. The van der Waals surface area contributed by atoms with Gasteiger partial charge in [0.15, 0.2) is 5.82 Å². The van der Waals surface area contributed by atoms with Gasteiger partial charge in [-0.25, -0.2) is 0 Å². The minimum absolute atomic E-state index is 0.0805. The van der Waals surface area contributed by atoms with Crippen molar-refractivity contribution in [1.29, 1.82) is 0 Å². The predicted molar refractivity (Wildman–Crippen MR) is 61.0 cm³/mol. The maximum atomic E-state index is 12.7. The standard InChI is InChI=1S/C12H12F3N3O/c1-8-17-11(19-18-8)7-16-6-9-4-2-3-5-10(9)12(13,14)15/h2-5,16H,6-7H2,1H3. The third-order valence-corrected chi connectivity index (χ3v) is 2.48. The second-order valence-electron chi connectivity index (χ2n) is 3.99. The van der Waals surface area contributed by atoms with E-state index >= 15 is 0 Å². The molecule has 0 bridgehead atoms. The van der Waals surface area contributed by atoms with E-state index in [1.807, 2.05) is 0 Å². The lowest BCUT2D eigenvalue weighted by Crippen LogP contribution is -2.17. The summed E-state index contributed by atoms with van der Waals surface area (Å²) < 4.78 is 43.1. The van der Waals surface area contributed by atoms with E-state index in [9.17, 15) is 13.2 Å². The molecule has 0 atom stereocenters. The number of benzene rings is 1. The Morgan fingerprint density at radius 1 is 1.21 bits per heavy atom. The second kappa shape index (κ2) is 5.40. The average Bonchev–Trinajstić information content (AvgIpc) is 2.74. The molecule has 0 fully saturated rings. The molecule has 0 unspecified atom stereocenters. The van der Waals surface area contributed by atoms with Gasteiger partial charge in [-0.1, -0.05) is 23.4 Å². The van der Waals surface area contributed by atoms with Crippen molar-refractivity contribution in [3.63, 3.8) is 0 Å². The summed E-state index contributed by atoms with van der Waals surface area (Å²) in [6.07, 6.45) is -4.35. The molecule has 0 aliphatic heterocycles. The van der Waals surface area contributed by atoms with E-state index < -0.39 is 11.7 Å². The van der Waals surface area contributed by atoms with Crippen LogP contribution in [0, 0.1) is 6.92 Å². The van der Waals surface area contributed by atoms with Crippen LogP contribution in [0.15, 0.2) is 28.8 Å². The molecule has 0 radical (unpaired) electrons. The Labute approximate surface area is 107 Å². The Bertz CT molecular complexity index is 551.